The van der Waals surface area contributed by atoms with Crippen LogP contribution in [0.15, 0.2) is 28.7 Å². The summed E-state index contributed by atoms with van der Waals surface area (Å²) in [7, 11) is 0. The molecule has 0 amide bonds. The van der Waals surface area contributed by atoms with Crippen LogP contribution in [-0.2, 0) is 0 Å². The van der Waals surface area contributed by atoms with Gasteiger partial charge in [-0.15, -0.1) is 0 Å². The maximum Gasteiger partial charge on any atom is 0.0305 e. The van der Waals surface area contributed by atoms with Gasteiger partial charge in [-0.3, -0.25) is 0 Å². The Morgan fingerprint density at radius 2 is 2.11 bits per heavy atom. The van der Waals surface area contributed by atoms with Crippen molar-refractivity contribution in [2.75, 3.05) is 0 Å². The molecule has 1 aromatic carbocycles. The van der Waals surface area contributed by atoms with Gasteiger partial charge in [0.2, 0.25) is 0 Å². The highest BCUT2D eigenvalue weighted by molar-refractivity contribution is 9.10. The van der Waals surface area contributed by atoms with E-state index in [1.807, 2.05) is 0 Å². The molecule has 2 unspecified atom stereocenters. The molecule has 0 saturated heterocycles. The number of rotatable bonds is 4. The molecular formula is C16H24BrN. The van der Waals surface area contributed by atoms with Crippen molar-refractivity contribution in [3.63, 3.8) is 0 Å². The van der Waals surface area contributed by atoms with Gasteiger partial charge < -0.3 is 5.32 Å². The summed E-state index contributed by atoms with van der Waals surface area (Å²) in [6, 6.07) is 9.67. The highest BCUT2D eigenvalue weighted by Crippen LogP contribution is 2.29. The lowest BCUT2D eigenvalue weighted by Crippen LogP contribution is -2.35. The number of hydrogen-bond donors (Lipinski definition) is 1. The van der Waals surface area contributed by atoms with Crippen LogP contribution in [0.5, 0.6) is 0 Å². The van der Waals surface area contributed by atoms with E-state index in [0.29, 0.717) is 12.1 Å². The van der Waals surface area contributed by atoms with Crippen LogP contribution in [0, 0.1) is 5.92 Å². The molecule has 100 valence electrons. The fourth-order valence-corrected chi connectivity index (χ4v) is 3.71. The Labute approximate surface area is 119 Å². The van der Waals surface area contributed by atoms with E-state index in [1.54, 1.807) is 0 Å². The quantitative estimate of drug-likeness (QED) is 0.819. The van der Waals surface area contributed by atoms with Gasteiger partial charge in [-0.05, 0) is 37.3 Å². The Hall–Kier alpha value is -0.340. The summed E-state index contributed by atoms with van der Waals surface area (Å²) in [5, 5.41) is 3.81. The van der Waals surface area contributed by atoms with Gasteiger partial charge in [-0.2, -0.15) is 0 Å². The van der Waals surface area contributed by atoms with Gasteiger partial charge in [0.15, 0.2) is 0 Å². The second-order valence-corrected chi connectivity index (χ2v) is 6.40. The van der Waals surface area contributed by atoms with E-state index < -0.39 is 0 Å². The van der Waals surface area contributed by atoms with Crippen LogP contribution in [0.3, 0.4) is 0 Å². The summed E-state index contributed by atoms with van der Waals surface area (Å²) >= 11 is 3.65. The fourth-order valence-electron chi connectivity index (χ4n) is 3.08. The molecule has 0 aliphatic heterocycles. The van der Waals surface area contributed by atoms with E-state index in [1.165, 1.54) is 42.1 Å². The average Bonchev–Trinajstić information content (AvgIpc) is 2.39. The van der Waals surface area contributed by atoms with E-state index in [9.17, 15) is 0 Å². The van der Waals surface area contributed by atoms with Crippen LogP contribution in [-0.4, -0.2) is 6.04 Å². The Kier molecular flexibility index (Phi) is 5.25. The molecule has 0 bridgehead atoms. The fraction of sp³-hybridized carbons (Fsp3) is 0.625. The largest absolute Gasteiger partial charge is 0.307 e. The maximum atomic E-state index is 3.81. The smallest absolute Gasteiger partial charge is 0.0305 e. The normalized spacial score (nSPS) is 25.9. The summed E-state index contributed by atoms with van der Waals surface area (Å²) in [5.74, 6) is 0.933. The van der Waals surface area contributed by atoms with Gasteiger partial charge >= 0.3 is 0 Å². The molecular weight excluding hydrogens is 286 g/mol. The molecule has 1 fully saturated rings. The van der Waals surface area contributed by atoms with Gasteiger partial charge in [0.05, 0.1) is 0 Å². The Morgan fingerprint density at radius 1 is 1.33 bits per heavy atom. The average molecular weight is 310 g/mol. The van der Waals surface area contributed by atoms with Crippen LogP contribution >= 0.6 is 15.9 Å². The van der Waals surface area contributed by atoms with Crippen molar-refractivity contribution in [2.24, 2.45) is 5.92 Å². The molecule has 1 aliphatic rings. The minimum absolute atomic E-state index is 0.432. The van der Waals surface area contributed by atoms with Gasteiger partial charge in [0.1, 0.15) is 0 Å². The molecule has 3 atom stereocenters. The standard InChI is InChI=1S/C16H24BrN/c1-3-13-7-6-8-14(11-13)18-12(2)15-9-4-5-10-16(15)17/h4-5,9-10,12-14,18H,3,6-8,11H2,1-2H3/t12-,13?,14?/m0/s1. The third-order valence-corrected chi connectivity index (χ3v) is 4.94. The van der Waals surface area contributed by atoms with Crippen molar-refractivity contribution < 1.29 is 0 Å². The lowest BCUT2D eigenvalue weighted by atomic mass is 9.84. The third kappa shape index (κ3) is 3.58. The lowest BCUT2D eigenvalue weighted by molar-refractivity contribution is 0.266. The van der Waals surface area contributed by atoms with E-state index >= 15 is 0 Å². The van der Waals surface area contributed by atoms with E-state index in [-0.39, 0.29) is 0 Å². The summed E-state index contributed by atoms with van der Waals surface area (Å²) in [5.41, 5.74) is 1.37. The highest BCUT2D eigenvalue weighted by Gasteiger charge is 2.22. The first-order valence-electron chi connectivity index (χ1n) is 7.21. The summed E-state index contributed by atoms with van der Waals surface area (Å²) in [4.78, 5) is 0. The predicted octanol–water partition coefficient (Wildman–Crippen LogP) is 5.07. The van der Waals surface area contributed by atoms with Crippen LogP contribution in [0.2, 0.25) is 0 Å². The zero-order valence-corrected chi connectivity index (χ0v) is 13.0. The van der Waals surface area contributed by atoms with Crippen LogP contribution in [0.4, 0.5) is 0 Å². The number of hydrogen-bond acceptors (Lipinski definition) is 1. The first-order chi connectivity index (χ1) is 8.70. The third-order valence-electron chi connectivity index (χ3n) is 4.22. The van der Waals surface area contributed by atoms with Crippen molar-refractivity contribution in [1.29, 1.82) is 0 Å². The Bertz CT molecular complexity index is 377. The van der Waals surface area contributed by atoms with Crippen molar-refractivity contribution in [2.45, 2.75) is 58.0 Å². The summed E-state index contributed by atoms with van der Waals surface area (Å²) in [6.45, 7) is 4.60. The molecule has 0 radical (unpaired) electrons. The zero-order valence-electron chi connectivity index (χ0n) is 11.5. The van der Waals surface area contributed by atoms with Crippen LogP contribution < -0.4 is 5.32 Å². The first-order valence-corrected chi connectivity index (χ1v) is 8.00. The SMILES string of the molecule is CCC1CCCC(N[C@@H](C)c2ccccc2Br)C1. The van der Waals surface area contributed by atoms with Gasteiger partial charge in [-0.1, -0.05) is 60.3 Å². The summed E-state index contributed by atoms with van der Waals surface area (Å²) < 4.78 is 1.22. The number of nitrogens with one attached hydrogen (secondary N) is 1. The number of halogens is 1. The van der Waals surface area contributed by atoms with E-state index in [4.69, 9.17) is 0 Å². The molecule has 18 heavy (non-hydrogen) atoms. The minimum atomic E-state index is 0.432. The lowest BCUT2D eigenvalue weighted by Gasteiger charge is -2.31. The second kappa shape index (κ2) is 6.72. The molecule has 1 aliphatic carbocycles. The highest BCUT2D eigenvalue weighted by atomic mass is 79.9. The van der Waals surface area contributed by atoms with Crippen LogP contribution in [0.25, 0.3) is 0 Å². The van der Waals surface area contributed by atoms with Crippen molar-refractivity contribution in [1.82, 2.24) is 5.32 Å². The minimum Gasteiger partial charge on any atom is -0.307 e. The molecule has 2 heteroatoms. The zero-order chi connectivity index (χ0) is 13.0. The molecule has 0 aromatic heterocycles. The second-order valence-electron chi connectivity index (χ2n) is 5.55. The Balaban J connectivity index is 1.95. The van der Waals surface area contributed by atoms with E-state index in [2.05, 4.69) is 59.4 Å². The number of benzene rings is 1. The molecule has 2 rings (SSSR count). The van der Waals surface area contributed by atoms with Gasteiger partial charge in [0, 0.05) is 16.6 Å². The topological polar surface area (TPSA) is 12.0 Å². The summed E-state index contributed by atoms with van der Waals surface area (Å²) in [6.07, 6.45) is 6.84. The molecule has 1 N–H and O–H groups in total. The van der Waals surface area contributed by atoms with E-state index in [0.717, 1.165) is 5.92 Å². The Morgan fingerprint density at radius 3 is 2.83 bits per heavy atom. The molecule has 1 aromatic rings. The predicted molar refractivity (Wildman–Crippen MR) is 81.7 cm³/mol. The molecule has 0 spiro atoms. The monoisotopic (exact) mass is 309 g/mol. The van der Waals surface area contributed by atoms with Gasteiger partial charge in [0.25, 0.3) is 0 Å². The molecule has 1 nitrogen and oxygen atoms in total. The van der Waals surface area contributed by atoms with Crippen molar-refractivity contribution in [3.8, 4) is 0 Å². The van der Waals surface area contributed by atoms with Crippen molar-refractivity contribution >= 4 is 15.9 Å². The molecule has 1 saturated carbocycles. The molecule has 0 heterocycles. The maximum absolute atomic E-state index is 3.81. The van der Waals surface area contributed by atoms with Crippen molar-refractivity contribution in [3.05, 3.63) is 34.3 Å². The van der Waals surface area contributed by atoms with Crippen LogP contribution in [0.1, 0.15) is 57.6 Å². The van der Waals surface area contributed by atoms with Gasteiger partial charge in [-0.25, -0.2) is 0 Å². The first kappa shape index (κ1) is 14.1.